The van der Waals surface area contributed by atoms with Crippen molar-refractivity contribution in [2.45, 2.75) is 6.61 Å². The number of benzene rings is 1. The van der Waals surface area contributed by atoms with Gasteiger partial charge in [-0.15, -0.1) is 0 Å². The number of ether oxygens (including phenoxy) is 3. The molecule has 0 saturated carbocycles. The van der Waals surface area contributed by atoms with Gasteiger partial charge >= 0.3 is 0 Å². The van der Waals surface area contributed by atoms with Crippen molar-refractivity contribution in [3.8, 4) is 0 Å². The van der Waals surface area contributed by atoms with Crippen LogP contribution in [0.25, 0.3) is 0 Å². The van der Waals surface area contributed by atoms with Gasteiger partial charge in [-0.3, -0.25) is 0 Å². The van der Waals surface area contributed by atoms with E-state index in [4.69, 9.17) is 19.3 Å². The summed E-state index contributed by atoms with van der Waals surface area (Å²) in [4.78, 5) is 0. The molecule has 0 fully saturated rings. The third kappa shape index (κ3) is 7.88. The zero-order chi connectivity index (χ0) is 12.2. The largest absolute Gasteiger partial charge is 0.394 e. The van der Waals surface area contributed by atoms with E-state index < -0.39 is 0 Å². The Bertz CT molecular complexity index is 263. The standard InChI is InChI=1S/C13H20O4/c14-6-7-15-8-9-16-10-11-17-12-13-4-2-1-3-5-13/h1-5,14H,6-12H2. The molecule has 1 N–H and O–H groups in total. The van der Waals surface area contributed by atoms with Crippen LogP contribution in [-0.4, -0.2) is 44.7 Å². The molecule has 0 aliphatic rings. The topological polar surface area (TPSA) is 47.9 Å². The van der Waals surface area contributed by atoms with E-state index in [-0.39, 0.29) is 6.61 Å². The van der Waals surface area contributed by atoms with Crippen LogP contribution in [0.1, 0.15) is 5.56 Å². The Kier molecular flexibility index (Phi) is 8.50. The van der Waals surface area contributed by atoms with Crippen LogP contribution in [0.15, 0.2) is 30.3 Å². The molecule has 0 aliphatic carbocycles. The lowest BCUT2D eigenvalue weighted by Crippen LogP contribution is -2.10. The molecule has 4 heteroatoms. The Morgan fingerprint density at radius 3 is 2.00 bits per heavy atom. The maximum absolute atomic E-state index is 8.46. The Labute approximate surface area is 102 Å². The number of hydrogen-bond donors (Lipinski definition) is 1. The maximum Gasteiger partial charge on any atom is 0.0718 e. The number of hydrogen-bond acceptors (Lipinski definition) is 4. The zero-order valence-electron chi connectivity index (χ0n) is 10.0. The summed E-state index contributed by atoms with van der Waals surface area (Å²) in [6.45, 7) is 3.23. The summed E-state index contributed by atoms with van der Waals surface area (Å²) < 4.78 is 15.8. The quantitative estimate of drug-likeness (QED) is 0.625. The molecule has 0 amide bonds. The molecular formula is C13H20O4. The van der Waals surface area contributed by atoms with Crippen LogP contribution in [0.2, 0.25) is 0 Å². The normalized spacial score (nSPS) is 10.6. The summed E-state index contributed by atoms with van der Waals surface area (Å²) >= 11 is 0. The van der Waals surface area contributed by atoms with E-state index in [1.54, 1.807) is 0 Å². The van der Waals surface area contributed by atoms with Crippen LogP contribution in [0.5, 0.6) is 0 Å². The molecular weight excluding hydrogens is 220 g/mol. The summed E-state index contributed by atoms with van der Waals surface area (Å²) in [7, 11) is 0. The van der Waals surface area contributed by atoms with Gasteiger partial charge in [-0.05, 0) is 5.56 Å². The van der Waals surface area contributed by atoms with E-state index in [9.17, 15) is 0 Å². The molecule has 0 aliphatic heterocycles. The van der Waals surface area contributed by atoms with E-state index in [0.29, 0.717) is 39.6 Å². The summed E-state index contributed by atoms with van der Waals surface area (Å²) in [5, 5.41) is 8.46. The summed E-state index contributed by atoms with van der Waals surface area (Å²) in [6.07, 6.45) is 0. The molecule has 0 radical (unpaired) electrons. The highest BCUT2D eigenvalue weighted by Crippen LogP contribution is 1.99. The lowest BCUT2D eigenvalue weighted by atomic mass is 10.2. The molecule has 4 nitrogen and oxygen atoms in total. The number of aliphatic hydroxyl groups is 1. The highest BCUT2D eigenvalue weighted by atomic mass is 16.5. The third-order valence-electron chi connectivity index (χ3n) is 2.09. The molecule has 1 aromatic rings. The minimum absolute atomic E-state index is 0.0557. The molecule has 1 rings (SSSR count). The average Bonchev–Trinajstić information content (AvgIpc) is 2.38. The van der Waals surface area contributed by atoms with Gasteiger partial charge in [-0.1, -0.05) is 30.3 Å². The third-order valence-corrected chi connectivity index (χ3v) is 2.09. The van der Waals surface area contributed by atoms with Gasteiger partial charge in [-0.2, -0.15) is 0 Å². The van der Waals surface area contributed by atoms with E-state index in [0.717, 1.165) is 0 Å². The van der Waals surface area contributed by atoms with Gasteiger partial charge in [0.1, 0.15) is 0 Å². The van der Waals surface area contributed by atoms with Gasteiger partial charge in [0, 0.05) is 0 Å². The highest BCUT2D eigenvalue weighted by Gasteiger charge is 1.92. The summed E-state index contributed by atoms with van der Waals surface area (Å²) in [5.74, 6) is 0. The molecule has 96 valence electrons. The van der Waals surface area contributed by atoms with E-state index >= 15 is 0 Å². The lowest BCUT2D eigenvalue weighted by Gasteiger charge is -2.06. The first-order chi connectivity index (χ1) is 8.43. The first kappa shape index (κ1) is 14.1. The fourth-order valence-electron chi connectivity index (χ4n) is 1.27. The van der Waals surface area contributed by atoms with E-state index in [2.05, 4.69) is 0 Å². The second-order valence-corrected chi connectivity index (χ2v) is 3.49. The SMILES string of the molecule is OCCOCCOCCOCc1ccccc1. The molecule has 0 heterocycles. The van der Waals surface area contributed by atoms with Gasteiger partial charge in [0.05, 0.1) is 46.2 Å². The van der Waals surface area contributed by atoms with Crippen LogP contribution in [-0.2, 0) is 20.8 Å². The van der Waals surface area contributed by atoms with Crippen molar-refractivity contribution >= 4 is 0 Å². The molecule has 0 saturated heterocycles. The first-order valence-corrected chi connectivity index (χ1v) is 5.81. The lowest BCUT2D eigenvalue weighted by molar-refractivity contribution is 0.00451. The summed E-state index contributed by atoms with van der Waals surface area (Å²) in [6, 6.07) is 10.0. The monoisotopic (exact) mass is 240 g/mol. The molecule has 0 bridgehead atoms. The Morgan fingerprint density at radius 2 is 1.35 bits per heavy atom. The van der Waals surface area contributed by atoms with Crippen molar-refractivity contribution in [3.05, 3.63) is 35.9 Å². The van der Waals surface area contributed by atoms with Crippen molar-refractivity contribution < 1.29 is 19.3 Å². The van der Waals surface area contributed by atoms with Crippen molar-refractivity contribution in [1.29, 1.82) is 0 Å². The predicted octanol–water partition coefficient (Wildman–Crippen LogP) is 1.23. The molecule has 0 unspecified atom stereocenters. The van der Waals surface area contributed by atoms with Crippen LogP contribution in [0.4, 0.5) is 0 Å². The van der Waals surface area contributed by atoms with Crippen molar-refractivity contribution in [2.75, 3.05) is 39.6 Å². The van der Waals surface area contributed by atoms with Crippen molar-refractivity contribution in [2.24, 2.45) is 0 Å². The molecule has 0 spiro atoms. The number of aliphatic hydroxyl groups excluding tert-OH is 1. The molecule has 0 aromatic heterocycles. The van der Waals surface area contributed by atoms with E-state index in [1.807, 2.05) is 30.3 Å². The fraction of sp³-hybridized carbons (Fsp3) is 0.538. The Balaban J connectivity index is 1.85. The maximum atomic E-state index is 8.46. The van der Waals surface area contributed by atoms with Crippen molar-refractivity contribution in [1.82, 2.24) is 0 Å². The van der Waals surface area contributed by atoms with E-state index in [1.165, 1.54) is 5.56 Å². The fourth-order valence-corrected chi connectivity index (χ4v) is 1.27. The minimum atomic E-state index is 0.0557. The van der Waals surface area contributed by atoms with Gasteiger partial charge in [0.2, 0.25) is 0 Å². The molecule has 1 aromatic carbocycles. The van der Waals surface area contributed by atoms with Gasteiger partial charge in [-0.25, -0.2) is 0 Å². The first-order valence-electron chi connectivity index (χ1n) is 5.81. The summed E-state index contributed by atoms with van der Waals surface area (Å²) in [5.41, 5.74) is 1.17. The Morgan fingerprint density at radius 1 is 0.765 bits per heavy atom. The minimum Gasteiger partial charge on any atom is -0.394 e. The van der Waals surface area contributed by atoms with Crippen LogP contribution in [0.3, 0.4) is 0 Å². The van der Waals surface area contributed by atoms with Crippen LogP contribution in [0, 0.1) is 0 Å². The molecule has 0 atom stereocenters. The number of rotatable bonds is 10. The molecule has 17 heavy (non-hydrogen) atoms. The highest BCUT2D eigenvalue weighted by molar-refractivity contribution is 5.13. The van der Waals surface area contributed by atoms with Gasteiger partial charge < -0.3 is 19.3 Å². The second-order valence-electron chi connectivity index (χ2n) is 3.49. The predicted molar refractivity (Wildman–Crippen MR) is 64.8 cm³/mol. The van der Waals surface area contributed by atoms with Crippen molar-refractivity contribution in [3.63, 3.8) is 0 Å². The smallest absolute Gasteiger partial charge is 0.0718 e. The zero-order valence-corrected chi connectivity index (χ0v) is 10.0. The van der Waals surface area contributed by atoms with Crippen LogP contribution >= 0.6 is 0 Å². The van der Waals surface area contributed by atoms with Crippen LogP contribution < -0.4 is 0 Å². The van der Waals surface area contributed by atoms with Gasteiger partial charge in [0.25, 0.3) is 0 Å². The van der Waals surface area contributed by atoms with Gasteiger partial charge in [0.15, 0.2) is 0 Å². The average molecular weight is 240 g/mol. The second kappa shape index (κ2) is 10.2. The Hall–Kier alpha value is -0.940.